The number of hydrogen-bond acceptors (Lipinski definition) is 2. The number of carbonyl (C=O) groups excluding carboxylic acids is 1. The smallest absolute Gasteiger partial charge is 0.222 e. The first kappa shape index (κ1) is 11.6. The van der Waals surface area contributed by atoms with Gasteiger partial charge in [0.15, 0.2) is 0 Å². The second-order valence-electron chi connectivity index (χ2n) is 5.15. The number of likely N-dealkylation sites (N-methyl/N-ethyl adjacent to an activating group) is 1. The van der Waals surface area contributed by atoms with Gasteiger partial charge in [-0.1, -0.05) is 12.2 Å². The summed E-state index contributed by atoms with van der Waals surface area (Å²) in [5.41, 5.74) is 0. The molecule has 0 aromatic rings. The Hall–Kier alpha value is -0.830. The number of amides is 1. The van der Waals surface area contributed by atoms with Crippen LogP contribution in [-0.2, 0) is 4.79 Å². The van der Waals surface area contributed by atoms with Crippen LogP contribution in [-0.4, -0.2) is 35.6 Å². The summed E-state index contributed by atoms with van der Waals surface area (Å²) in [5, 5.41) is 9.76. The second kappa shape index (κ2) is 5.00. The predicted molar refractivity (Wildman–Crippen MR) is 62.8 cm³/mol. The van der Waals surface area contributed by atoms with Gasteiger partial charge in [-0.2, -0.15) is 0 Å². The maximum absolute atomic E-state index is 11.9. The lowest BCUT2D eigenvalue weighted by atomic mass is 10.0. The molecule has 90 valence electrons. The van der Waals surface area contributed by atoms with Gasteiger partial charge in [-0.15, -0.1) is 0 Å². The molecule has 0 aliphatic heterocycles. The minimum atomic E-state index is -0.312. The largest absolute Gasteiger partial charge is 0.391 e. The van der Waals surface area contributed by atoms with E-state index in [1.807, 2.05) is 0 Å². The molecule has 0 spiro atoms. The lowest BCUT2D eigenvalue weighted by Crippen LogP contribution is -2.35. The number of nitrogens with zero attached hydrogens (tertiary/aromatic N) is 1. The van der Waals surface area contributed by atoms with Crippen molar-refractivity contribution in [3.05, 3.63) is 12.2 Å². The Morgan fingerprint density at radius 1 is 1.50 bits per heavy atom. The highest BCUT2D eigenvalue weighted by molar-refractivity contribution is 5.76. The summed E-state index contributed by atoms with van der Waals surface area (Å²) < 4.78 is 0. The van der Waals surface area contributed by atoms with Gasteiger partial charge in [-0.25, -0.2) is 0 Å². The van der Waals surface area contributed by atoms with Crippen molar-refractivity contribution in [1.29, 1.82) is 0 Å². The Morgan fingerprint density at radius 2 is 2.25 bits per heavy atom. The summed E-state index contributed by atoms with van der Waals surface area (Å²) in [6.07, 6.45) is 9.03. The predicted octanol–water partition coefficient (Wildman–Crippen LogP) is 1.57. The first-order valence-electron chi connectivity index (χ1n) is 6.25. The van der Waals surface area contributed by atoms with E-state index >= 15 is 0 Å². The van der Waals surface area contributed by atoms with E-state index < -0.39 is 0 Å². The summed E-state index contributed by atoms with van der Waals surface area (Å²) in [6, 6.07) is 0. The fraction of sp³-hybridized carbons (Fsp3) is 0.769. The van der Waals surface area contributed by atoms with Crippen LogP contribution in [0.4, 0.5) is 0 Å². The van der Waals surface area contributed by atoms with Crippen LogP contribution < -0.4 is 0 Å². The summed E-state index contributed by atoms with van der Waals surface area (Å²) in [7, 11) is 1.80. The van der Waals surface area contributed by atoms with Crippen molar-refractivity contribution in [3.8, 4) is 0 Å². The maximum Gasteiger partial charge on any atom is 0.222 e. The van der Waals surface area contributed by atoms with Crippen LogP contribution in [0.2, 0.25) is 0 Å². The molecule has 3 heteroatoms. The Kier molecular flexibility index (Phi) is 3.64. The van der Waals surface area contributed by atoms with Crippen molar-refractivity contribution in [2.24, 2.45) is 11.8 Å². The third-order valence-electron chi connectivity index (χ3n) is 3.60. The van der Waals surface area contributed by atoms with Crippen LogP contribution in [0.15, 0.2) is 12.2 Å². The van der Waals surface area contributed by atoms with Gasteiger partial charge in [0.2, 0.25) is 5.91 Å². The quantitative estimate of drug-likeness (QED) is 0.719. The van der Waals surface area contributed by atoms with Gasteiger partial charge in [0, 0.05) is 20.0 Å². The molecule has 2 aliphatic carbocycles. The molecule has 2 unspecified atom stereocenters. The second-order valence-corrected chi connectivity index (χ2v) is 5.15. The molecule has 1 N–H and O–H groups in total. The van der Waals surface area contributed by atoms with Crippen LogP contribution in [0, 0.1) is 11.8 Å². The molecule has 2 rings (SSSR count). The zero-order chi connectivity index (χ0) is 11.5. The lowest BCUT2D eigenvalue weighted by Gasteiger charge is -2.21. The van der Waals surface area contributed by atoms with E-state index in [1.165, 1.54) is 0 Å². The van der Waals surface area contributed by atoms with Crippen molar-refractivity contribution in [2.75, 3.05) is 13.6 Å². The van der Waals surface area contributed by atoms with Crippen LogP contribution in [0.5, 0.6) is 0 Å². The van der Waals surface area contributed by atoms with E-state index in [0.717, 1.165) is 25.7 Å². The normalized spacial score (nSPS) is 25.8. The van der Waals surface area contributed by atoms with E-state index in [-0.39, 0.29) is 12.0 Å². The average molecular weight is 223 g/mol. The van der Waals surface area contributed by atoms with Crippen molar-refractivity contribution < 1.29 is 9.90 Å². The molecule has 0 aromatic carbocycles. The Morgan fingerprint density at radius 3 is 2.81 bits per heavy atom. The number of allylic oxidation sites excluding steroid dienone is 2. The number of rotatable bonds is 5. The first-order chi connectivity index (χ1) is 7.66. The third-order valence-corrected chi connectivity index (χ3v) is 3.60. The SMILES string of the molecule is CN(CC(O)C1CC1)C(=O)CC1C=CCC1. The molecule has 2 aliphatic rings. The topological polar surface area (TPSA) is 40.5 Å². The molecule has 2 atom stereocenters. The molecule has 0 radical (unpaired) electrons. The summed E-state index contributed by atoms with van der Waals surface area (Å²) in [5.74, 6) is 1.03. The third kappa shape index (κ3) is 3.08. The monoisotopic (exact) mass is 223 g/mol. The van der Waals surface area contributed by atoms with Gasteiger partial charge < -0.3 is 10.0 Å². The lowest BCUT2D eigenvalue weighted by molar-refractivity contribution is -0.132. The van der Waals surface area contributed by atoms with Gasteiger partial charge in [0.05, 0.1) is 6.10 Å². The zero-order valence-electron chi connectivity index (χ0n) is 9.93. The standard InChI is InChI=1S/C13H21NO2/c1-14(9-12(15)11-6-7-11)13(16)8-10-4-2-3-5-10/h2,4,10-12,15H,3,5-9H2,1H3. The Labute approximate surface area is 97.1 Å². The highest BCUT2D eigenvalue weighted by Crippen LogP contribution is 2.32. The molecular weight excluding hydrogens is 202 g/mol. The van der Waals surface area contributed by atoms with Crippen molar-refractivity contribution in [2.45, 2.75) is 38.2 Å². The molecule has 16 heavy (non-hydrogen) atoms. The fourth-order valence-electron chi connectivity index (χ4n) is 2.26. The molecule has 1 amide bonds. The van der Waals surface area contributed by atoms with Gasteiger partial charge in [0.25, 0.3) is 0 Å². The molecule has 1 fully saturated rings. The summed E-state index contributed by atoms with van der Waals surface area (Å²) >= 11 is 0. The summed E-state index contributed by atoms with van der Waals surface area (Å²) in [6.45, 7) is 0.500. The van der Waals surface area contributed by atoms with Crippen LogP contribution in [0.3, 0.4) is 0 Å². The molecule has 0 heterocycles. The molecule has 0 saturated heterocycles. The maximum atomic E-state index is 11.9. The number of carbonyl (C=O) groups is 1. The van der Waals surface area contributed by atoms with E-state index in [2.05, 4.69) is 12.2 Å². The molecule has 0 aromatic heterocycles. The number of aliphatic hydroxyl groups is 1. The van der Waals surface area contributed by atoms with Crippen LogP contribution >= 0.6 is 0 Å². The van der Waals surface area contributed by atoms with E-state index in [1.54, 1.807) is 11.9 Å². The molecule has 3 nitrogen and oxygen atoms in total. The van der Waals surface area contributed by atoms with Crippen molar-refractivity contribution >= 4 is 5.91 Å². The minimum absolute atomic E-state index is 0.163. The zero-order valence-corrected chi connectivity index (χ0v) is 9.93. The van der Waals surface area contributed by atoms with E-state index in [0.29, 0.717) is 24.8 Å². The number of aliphatic hydroxyl groups excluding tert-OH is 1. The van der Waals surface area contributed by atoms with Gasteiger partial charge in [-0.3, -0.25) is 4.79 Å². The number of hydrogen-bond donors (Lipinski definition) is 1. The Bertz CT molecular complexity index is 284. The molecule has 0 bridgehead atoms. The van der Waals surface area contributed by atoms with Crippen LogP contribution in [0.1, 0.15) is 32.1 Å². The van der Waals surface area contributed by atoms with Crippen molar-refractivity contribution in [1.82, 2.24) is 4.90 Å². The van der Waals surface area contributed by atoms with Gasteiger partial charge in [0.1, 0.15) is 0 Å². The van der Waals surface area contributed by atoms with E-state index in [4.69, 9.17) is 0 Å². The average Bonchev–Trinajstić information content (AvgIpc) is 2.98. The highest BCUT2D eigenvalue weighted by atomic mass is 16.3. The fourth-order valence-corrected chi connectivity index (χ4v) is 2.26. The molecule has 1 saturated carbocycles. The minimum Gasteiger partial charge on any atom is -0.391 e. The van der Waals surface area contributed by atoms with E-state index in [9.17, 15) is 9.90 Å². The Balaban J connectivity index is 1.72. The highest BCUT2D eigenvalue weighted by Gasteiger charge is 2.31. The molecular formula is C13H21NO2. The first-order valence-corrected chi connectivity index (χ1v) is 6.25. The van der Waals surface area contributed by atoms with Gasteiger partial charge in [-0.05, 0) is 37.5 Å². The van der Waals surface area contributed by atoms with Crippen molar-refractivity contribution in [3.63, 3.8) is 0 Å². The summed E-state index contributed by atoms with van der Waals surface area (Å²) in [4.78, 5) is 13.5. The van der Waals surface area contributed by atoms with Crippen LogP contribution in [0.25, 0.3) is 0 Å². The van der Waals surface area contributed by atoms with Gasteiger partial charge >= 0.3 is 0 Å².